The van der Waals surface area contributed by atoms with Crippen LogP contribution >= 0.6 is 34.2 Å². The lowest BCUT2D eigenvalue weighted by Gasteiger charge is -2.04. The molecule has 5 nitrogen and oxygen atoms in total. The molecule has 7 heteroatoms. The van der Waals surface area contributed by atoms with Gasteiger partial charge in [-0.1, -0.05) is 11.6 Å². The second kappa shape index (κ2) is 7.30. The highest BCUT2D eigenvalue weighted by molar-refractivity contribution is 14.1. The number of halogens is 2. The second-order valence-electron chi connectivity index (χ2n) is 3.68. The molecule has 0 fully saturated rings. The Morgan fingerprint density at radius 3 is 2.75 bits per heavy atom. The average molecular weight is 405 g/mol. The van der Waals surface area contributed by atoms with Crippen LogP contribution in [0.15, 0.2) is 45.9 Å². The van der Waals surface area contributed by atoms with E-state index in [0.29, 0.717) is 16.5 Å². The van der Waals surface area contributed by atoms with E-state index in [1.165, 1.54) is 6.21 Å². The molecule has 0 atom stereocenters. The topological polar surface area (TPSA) is 63.8 Å². The molecule has 0 unspecified atom stereocenters. The Balaban J connectivity index is 1.75. The van der Waals surface area contributed by atoms with Gasteiger partial charge in [-0.3, -0.25) is 4.79 Å². The number of carbonyl (C=O) groups excluding carboxylic acids is 1. The van der Waals surface area contributed by atoms with Gasteiger partial charge < -0.3 is 9.15 Å². The van der Waals surface area contributed by atoms with Gasteiger partial charge in [-0.15, -0.1) is 0 Å². The van der Waals surface area contributed by atoms with Crippen molar-refractivity contribution in [2.75, 3.05) is 6.61 Å². The Kier molecular flexibility index (Phi) is 5.42. The molecule has 20 heavy (non-hydrogen) atoms. The summed E-state index contributed by atoms with van der Waals surface area (Å²) in [5, 5.41) is 4.37. The van der Waals surface area contributed by atoms with Crippen molar-refractivity contribution in [1.29, 1.82) is 0 Å². The summed E-state index contributed by atoms with van der Waals surface area (Å²) in [5.41, 5.74) is 2.34. The monoisotopic (exact) mass is 404 g/mol. The average Bonchev–Trinajstić information content (AvgIpc) is 2.84. The van der Waals surface area contributed by atoms with Gasteiger partial charge in [-0.05, 0) is 59.0 Å². The molecule has 0 radical (unpaired) electrons. The maximum absolute atomic E-state index is 11.5. The molecule has 104 valence electrons. The lowest BCUT2D eigenvalue weighted by molar-refractivity contribution is -0.123. The minimum absolute atomic E-state index is 0.130. The molecule has 0 bridgehead atoms. The first-order chi connectivity index (χ1) is 9.63. The Morgan fingerprint density at radius 2 is 2.10 bits per heavy atom. The molecule has 0 saturated heterocycles. The number of nitrogens with one attached hydrogen (secondary N) is 1. The van der Waals surface area contributed by atoms with Gasteiger partial charge in [0.25, 0.3) is 5.91 Å². The van der Waals surface area contributed by atoms with Gasteiger partial charge in [0.15, 0.2) is 10.4 Å². The lowest BCUT2D eigenvalue weighted by Crippen LogP contribution is -2.24. The molecule has 1 amide bonds. The highest BCUT2D eigenvalue weighted by Gasteiger charge is 2.01. The third kappa shape index (κ3) is 4.86. The van der Waals surface area contributed by atoms with E-state index in [1.54, 1.807) is 36.4 Å². The summed E-state index contributed by atoms with van der Waals surface area (Å²) in [5.74, 6) is 0.764. The van der Waals surface area contributed by atoms with Gasteiger partial charge in [0.2, 0.25) is 0 Å². The first kappa shape index (κ1) is 14.9. The van der Waals surface area contributed by atoms with Crippen LogP contribution in [0.4, 0.5) is 0 Å². The SMILES string of the molecule is O=C(COc1ccc(Cl)cc1)N/N=C/c1ccc(I)o1. The second-order valence-corrected chi connectivity index (χ2v) is 5.18. The van der Waals surface area contributed by atoms with E-state index in [1.807, 2.05) is 22.6 Å². The lowest BCUT2D eigenvalue weighted by atomic mass is 10.3. The molecule has 0 aliphatic rings. The Bertz CT molecular complexity index is 610. The fourth-order valence-electron chi connectivity index (χ4n) is 1.28. The van der Waals surface area contributed by atoms with Crippen molar-refractivity contribution in [2.45, 2.75) is 0 Å². The first-order valence-electron chi connectivity index (χ1n) is 5.59. The molecule has 0 spiro atoms. The van der Waals surface area contributed by atoms with E-state index in [0.717, 1.165) is 3.77 Å². The molecular formula is C13H10ClIN2O3. The predicted octanol–water partition coefficient (Wildman–Crippen LogP) is 3.07. The minimum Gasteiger partial charge on any atom is -0.484 e. The molecule has 0 aliphatic heterocycles. The number of hydrogen-bond donors (Lipinski definition) is 1. The molecule has 1 N–H and O–H groups in total. The molecule has 2 aromatic rings. The highest BCUT2D eigenvalue weighted by Crippen LogP contribution is 2.15. The molecular weight excluding hydrogens is 395 g/mol. The molecule has 1 heterocycles. The molecule has 0 saturated carbocycles. The zero-order valence-electron chi connectivity index (χ0n) is 10.2. The van der Waals surface area contributed by atoms with Gasteiger partial charge in [-0.2, -0.15) is 5.10 Å². The van der Waals surface area contributed by atoms with Gasteiger partial charge in [0, 0.05) is 5.02 Å². The standard InChI is InChI=1S/C13H10ClIN2O3/c14-9-1-3-10(4-2-9)19-8-13(18)17-16-7-11-5-6-12(15)20-11/h1-7H,8H2,(H,17,18)/b16-7+. The molecule has 1 aromatic carbocycles. The fraction of sp³-hybridized carbons (Fsp3) is 0.0769. The number of hydrazone groups is 1. The highest BCUT2D eigenvalue weighted by atomic mass is 127. The summed E-state index contributed by atoms with van der Waals surface area (Å²) in [6.45, 7) is -0.130. The van der Waals surface area contributed by atoms with Crippen LogP contribution in [0.3, 0.4) is 0 Å². The van der Waals surface area contributed by atoms with E-state index in [-0.39, 0.29) is 12.5 Å². The smallest absolute Gasteiger partial charge is 0.277 e. The fourth-order valence-corrected chi connectivity index (χ4v) is 1.84. The maximum Gasteiger partial charge on any atom is 0.277 e. The summed E-state index contributed by atoms with van der Waals surface area (Å²) in [4.78, 5) is 11.5. The van der Waals surface area contributed by atoms with Crippen LogP contribution in [-0.2, 0) is 4.79 Å². The summed E-state index contributed by atoms with van der Waals surface area (Å²) >= 11 is 7.78. The quantitative estimate of drug-likeness (QED) is 0.473. The minimum atomic E-state index is -0.363. The van der Waals surface area contributed by atoms with Crippen molar-refractivity contribution in [3.05, 3.63) is 50.9 Å². The van der Waals surface area contributed by atoms with E-state index in [2.05, 4.69) is 10.5 Å². The van der Waals surface area contributed by atoms with Gasteiger partial charge in [-0.25, -0.2) is 5.43 Å². The number of carbonyl (C=O) groups is 1. The van der Waals surface area contributed by atoms with Crippen LogP contribution in [0.2, 0.25) is 5.02 Å². The first-order valence-corrected chi connectivity index (χ1v) is 7.05. The van der Waals surface area contributed by atoms with Crippen LogP contribution in [0.1, 0.15) is 5.76 Å². The van der Waals surface area contributed by atoms with Crippen LogP contribution < -0.4 is 10.2 Å². The number of amides is 1. The maximum atomic E-state index is 11.5. The van der Waals surface area contributed by atoms with Crippen molar-refractivity contribution in [2.24, 2.45) is 5.10 Å². The van der Waals surface area contributed by atoms with Gasteiger partial charge in [0.05, 0.1) is 6.21 Å². The van der Waals surface area contributed by atoms with E-state index < -0.39 is 0 Å². The van der Waals surface area contributed by atoms with Gasteiger partial charge >= 0.3 is 0 Å². The van der Waals surface area contributed by atoms with E-state index >= 15 is 0 Å². The Hall–Kier alpha value is -1.54. The molecule has 0 aliphatic carbocycles. The number of rotatable bonds is 5. The van der Waals surface area contributed by atoms with Crippen molar-refractivity contribution in [1.82, 2.24) is 5.43 Å². The summed E-state index contributed by atoms with van der Waals surface area (Å²) in [6.07, 6.45) is 1.42. The van der Waals surface area contributed by atoms with Crippen molar-refractivity contribution < 1.29 is 13.9 Å². The third-order valence-corrected chi connectivity index (χ3v) is 2.99. The number of nitrogens with zero attached hydrogens (tertiary/aromatic N) is 1. The molecule has 1 aromatic heterocycles. The zero-order chi connectivity index (χ0) is 14.4. The van der Waals surface area contributed by atoms with Crippen molar-refractivity contribution in [3.63, 3.8) is 0 Å². The largest absolute Gasteiger partial charge is 0.484 e. The third-order valence-electron chi connectivity index (χ3n) is 2.16. The summed E-state index contributed by atoms with van der Waals surface area (Å²) < 4.78 is 11.3. The van der Waals surface area contributed by atoms with Crippen LogP contribution in [-0.4, -0.2) is 18.7 Å². The van der Waals surface area contributed by atoms with Gasteiger partial charge in [0.1, 0.15) is 11.5 Å². The Labute approximate surface area is 134 Å². The number of furan rings is 1. The normalized spacial score (nSPS) is 10.7. The van der Waals surface area contributed by atoms with E-state index in [9.17, 15) is 4.79 Å². The number of hydrogen-bond acceptors (Lipinski definition) is 4. The summed E-state index contributed by atoms with van der Waals surface area (Å²) in [7, 11) is 0. The zero-order valence-corrected chi connectivity index (χ0v) is 13.1. The van der Waals surface area contributed by atoms with Crippen LogP contribution in [0.5, 0.6) is 5.75 Å². The predicted molar refractivity (Wildman–Crippen MR) is 84.1 cm³/mol. The van der Waals surface area contributed by atoms with Crippen molar-refractivity contribution in [3.8, 4) is 5.75 Å². The number of benzene rings is 1. The molecule has 2 rings (SSSR count). The van der Waals surface area contributed by atoms with Crippen LogP contribution in [0.25, 0.3) is 0 Å². The van der Waals surface area contributed by atoms with Crippen molar-refractivity contribution >= 4 is 46.3 Å². The van der Waals surface area contributed by atoms with E-state index in [4.69, 9.17) is 20.8 Å². The number of ether oxygens (including phenoxy) is 1. The summed E-state index contributed by atoms with van der Waals surface area (Å²) in [6, 6.07) is 10.3. The Morgan fingerprint density at radius 1 is 1.35 bits per heavy atom. The van der Waals surface area contributed by atoms with Crippen LogP contribution in [0, 0.1) is 3.77 Å².